The molecule has 0 aliphatic rings. The van der Waals surface area contributed by atoms with E-state index in [0.29, 0.717) is 5.56 Å². The Kier molecular flexibility index (Phi) is 5.20. The first-order chi connectivity index (χ1) is 14.0. The number of rotatable bonds is 3. The summed E-state index contributed by atoms with van der Waals surface area (Å²) in [6.07, 6.45) is 0. The highest BCUT2D eigenvalue weighted by atomic mass is 32.1. The van der Waals surface area contributed by atoms with Crippen LogP contribution in [0.25, 0.3) is 22.0 Å². The van der Waals surface area contributed by atoms with E-state index in [4.69, 9.17) is 0 Å². The fraction of sp³-hybridized carbons (Fsp3) is 0.200. The number of amides is 1. The Morgan fingerprint density at radius 1 is 0.966 bits per heavy atom. The highest BCUT2D eigenvalue weighted by Crippen LogP contribution is 2.27. The first kappa shape index (κ1) is 19.3. The average molecular weight is 401 g/mol. The minimum atomic E-state index is -0.197. The van der Waals surface area contributed by atoms with Crippen LogP contribution >= 0.6 is 11.3 Å². The van der Waals surface area contributed by atoms with Crippen LogP contribution in [-0.4, -0.2) is 10.5 Å². The molecule has 4 rings (SSSR count). The van der Waals surface area contributed by atoms with Crippen LogP contribution in [0.5, 0.6) is 0 Å². The minimum Gasteiger partial charge on any atom is -0.316 e. The van der Waals surface area contributed by atoms with Crippen LogP contribution in [0.3, 0.4) is 0 Å². The molecule has 4 aromatic rings. The molecule has 1 amide bonds. The average Bonchev–Trinajstić information content (AvgIpc) is 3.04. The molecule has 0 aliphatic heterocycles. The largest absolute Gasteiger partial charge is 0.316 e. The fourth-order valence-corrected chi connectivity index (χ4v) is 4.77. The van der Waals surface area contributed by atoms with E-state index in [1.807, 2.05) is 42.5 Å². The van der Waals surface area contributed by atoms with Gasteiger partial charge in [0.2, 0.25) is 0 Å². The zero-order valence-electron chi connectivity index (χ0n) is 17.2. The number of carbonyl (C=O) groups is 1. The minimum absolute atomic E-state index is 0.197. The Balaban J connectivity index is 1.86. The van der Waals surface area contributed by atoms with Crippen molar-refractivity contribution < 1.29 is 4.79 Å². The number of aryl methyl sites for hydroxylation is 3. The summed E-state index contributed by atoms with van der Waals surface area (Å²) in [6, 6.07) is 20.2. The van der Waals surface area contributed by atoms with Crippen LogP contribution in [0.15, 0.2) is 65.7 Å². The van der Waals surface area contributed by atoms with Crippen LogP contribution in [0.1, 0.15) is 33.3 Å². The molecule has 0 bridgehead atoms. The van der Waals surface area contributed by atoms with Gasteiger partial charge in [-0.15, -0.1) is 11.3 Å². The Bertz CT molecular complexity index is 1290. The second-order valence-corrected chi connectivity index (χ2v) is 8.46. The Morgan fingerprint density at radius 2 is 1.72 bits per heavy atom. The van der Waals surface area contributed by atoms with Gasteiger partial charge in [0.15, 0.2) is 4.80 Å². The number of hydrogen-bond acceptors (Lipinski definition) is 2. The Morgan fingerprint density at radius 3 is 2.48 bits per heavy atom. The number of fused-ring (bicyclic) bond motifs is 1. The molecule has 4 heteroatoms. The molecular weight excluding hydrogens is 376 g/mol. The standard InChI is InChI=1S/C25H24N2OS/c1-5-27-23(20-14-13-16(2)17(3)15-20)18(4)29-25(27)26-24(28)22-12-8-10-19-9-6-7-11-21(19)22/h6-15H,5H2,1-4H3. The lowest BCUT2D eigenvalue weighted by molar-refractivity contribution is 0.0999. The molecule has 0 unspecified atom stereocenters. The molecule has 0 N–H and O–H groups in total. The summed E-state index contributed by atoms with van der Waals surface area (Å²) in [6.45, 7) is 9.21. The summed E-state index contributed by atoms with van der Waals surface area (Å²) in [5.74, 6) is -0.197. The van der Waals surface area contributed by atoms with Gasteiger partial charge in [-0.05, 0) is 67.3 Å². The molecule has 3 aromatic carbocycles. The highest BCUT2D eigenvalue weighted by molar-refractivity contribution is 7.09. The Hall–Kier alpha value is -2.98. The predicted molar refractivity (Wildman–Crippen MR) is 121 cm³/mol. The maximum Gasteiger partial charge on any atom is 0.280 e. The van der Waals surface area contributed by atoms with E-state index in [-0.39, 0.29) is 5.91 Å². The quantitative estimate of drug-likeness (QED) is 0.412. The number of carbonyl (C=O) groups excluding carboxylic acids is 1. The van der Waals surface area contributed by atoms with Crippen molar-refractivity contribution in [3.05, 3.63) is 87.0 Å². The summed E-state index contributed by atoms with van der Waals surface area (Å²) in [4.78, 5) is 19.5. The van der Waals surface area contributed by atoms with Gasteiger partial charge in [-0.2, -0.15) is 4.99 Å². The van der Waals surface area contributed by atoms with E-state index in [1.165, 1.54) is 21.6 Å². The third-order valence-corrected chi connectivity index (χ3v) is 6.39. The topological polar surface area (TPSA) is 34.4 Å². The van der Waals surface area contributed by atoms with Gasteiger partial charge in [-0.3, -0.25) is 4.79 Å². The van der Waals surface area contributed by atoms with Crippen LogP contribution in [0, 0.1) is 20.8 Å². The summed E-state index contributed by atoms with van der Waals surface area (Å²) < 4.78 is 2.15. The second kappa shape index (κ2) is 7.80. The van der Waals surface area contributed by atoms with Crippen LogP contribution in [0.4, 0.5) is 0 Å². The van der Waals surface area contributed by atoms with Gasteiger partial charge < -0.3 is 4.57 Å². The second-order valence-electron chi connectivity index (χ2n) is 7.28. The molecule has 0 fully saturated rings. The van der Waals surface area contributed by atoms with Crippen molar-refractivity contribution in [2.45, 2.75) is 34.2 Å². The summed E-state index contributed by atoms with van der Waals surface area (Å²) in [7, 11) is 0. The molecule has 0 saturated carbocycles. The van der Waals surface area contributed by atoms with Crippen molar-refractivity contribution in [3.8, 4) is 11.3 Å². The molecule has 146 valence electrons. The number of aromatic nitrogens is 1. The van der Waals surface area contributed by atoms with Gasteiger partial charge in [0, 0.05) is 17.0 Å². The summed E-state index contributed by atoms with van der Waals surface area (Å²) in [5.41, 5.74) is 5.50. The van der Waals surface area contributed by atoms with Gasteiger partial charge in [-0.25, -0.2) is 0 Å². The van der Waals surface area contributed by atoms with Crippen LogP contribution in [-0.2, 0) is 6.54 Å². The van der Waals surface area contributed by atoms with E-state index in [2.05, 4.69) is 55.5 Å². The fourth-order valence-electron chi connectivity index (χ4n) is 3.71. The van der Waals surface area contributed by atoms with Crippen LogP contribution < -0.4 is 4.80 Å². The van der Waals surface area contributed by atoms with Crippen molar-refractivity contribution >= 4 is 28.0 Å². The molecule has 3 nitrogen and oxygen atoms in total. The SMILES string of the molecule is CCn1c(-c2ccc(C)c(C)c2)c(C)sc1=NC(=O)c1cccc2ccccc12. The van der Waals surface area contributed by atoms with Gasteiger partial charge in [0.05, 0.1) is 5.69 Å². The molecule has 0 spiro atoms. The number of nitrogens with zero attached hydrogens (tertiary/aromatic N) is 2. The van der Waals surface area contributed by atoms with E-state index in [9.17, 15) is 4.79 Å². The maximum absolute atomic E-state index is 13.1. The first-order valence-electron chi connectivity index (χ1n) is 9.84. The van der Waals surface area contributed by atoms with Crippen molar-refractivity contribution in [2.75, 3.05) is 0 Å². The lowest BCUT2D eigenvalue weighted by Gasteiger charge is -2.10. The summed E-state index contributed by atoms with van der Waals surface area (Å²) in [5, 5.41) is 1.99. The molecule has 0 radical (unpaired) electrons. The lowest BCUT2D eigenvalue weighted by atomic mass is 10.0. The van der Waals surface area contributed by atoms with E-state index in [0.717, 1.165) is 27.8 Å². The lowest BCUT2D eigenvalue weighted by Crippen LogP contribution is -2.17. The van der Waals surface area contributed by atoms with E-state index < -0.39 is 0 Å². The molecule has 0 aliphatic carbocycles. The van der Waals surface area contributed by atoms with Crippen molar-refractivity contribution in [1.82, 2.24) is 4.57 Å². The monoisotopic (exact) mass is 400 g/mol. The van der Waals surface area contributed by atoms with Crippen molar-refractivity contribution in [2.24, 2.45) is 4.99 Å². The van der Waals surface area contributed by atoms with Crippen LogP contribution in [0.2, 0.25) is 0 Å². The zero-order chi connectivity index (χ0) is 20.5. The zero-order valence-corrected chi connectivity index (χ0v) is 18.0. The number of benzene rings is 3. The third kappa shape index (κ3) is 3.56. The van der Waals surface area contributed by atoms with Crippen molar-refractivity contribution in [3.63, 3.8) is 0 Å². The Labute approximate surface area is 175 Å². The maximum atomic E-state index is 13.1. The molecule has 29 heavy (non-hydrogen) atoms. The first-order valence-corrected chi connectivity index (χ1v) is 10.7. The van der Waals surface area contributed by atoms with Crippen molar-refractivity contribution in [1.29, 1.82) is 0 Å². The van der Waals surface area contributed by atoms with Gasteiger partial charge in [0.1, 0.15) is 0 Å². The number of hydrogen-bond donors (Lipinski definition) is 0. The molecule has 0 atom stereocenters. The van der Waals surface area contributed by atoms with Gasteiger partial charge in [0.25, 0.3) is 5.91 Å². The molecule has 1 aromatic heterocycles. The predicted octanol–water partition coefficient (Wildman–Crippen LogP) is 6.06. The third-order valence-electron chi connectivity index (χ3n) is 5.39. The number of thiazole rings is 1. The normalized spacial score (nSPS) is 11.9. The van der Waals surface area contributed by atoms with E-state index in [1.54, 1.807) is 11.3 Å². The van der Waals surface area contributed by atoms with Gasteiger partial charge >= 0.3 is 0 Å². The molecule has 0 saturated heterocycles. The van der Waals surface area contributed by atoms with E-state index >= 15 is 0 Å². The molecular formula is C25H24N2OS. The smallest absolute Gasteiger partial charge is 0.280 e. The summed E-state index contributed by atoms with van der Waals surface area (Å²) >= 11 is 1.57. The van der Waals surface area contributed by atoms with Gasteiger partial charge in [-0.1, -0.05) is 48.5 Å². The highest BCUT2D eigenvalue weighted by Gasteiger charge is 2.15. The molecule has 1 heterocycles.